The Labute approximate surface area is 156 Å². The first kappa shape index (κ1) is 19.8. The van der Waals surface area contributed by atoms with Gasteiger partial charge in [0.15, 0.2) is 5.96 Å². The van der Waals surface area contributed by atoms with Crippen molar-refractivity contribution in [3.63, 3.8) is 0 Å². The van der Waals surface area contributed by atoms with E-state index in [4.69, 9.17) is 4.74 Å². The highest BCUT2D eigenvalue weighted by molar-refractivity contribution is 5.79. The molecule has 0 aliphatic heterocycles. The smallest absolute Gasteiger partial charge is 0.191 e. The van der Waals surface area contributed by atoms with E-state index in [2.05, 4.69) is 46.7 Å². The Morgan fingerprint density at radius 1 is 1.23 bits per heavy atom. The molecule has 0 saturated carbocycles. The van der Waals surface area contributed by atoms with E-state index in [1.165, 1.54) is 11.3 Å². The summed E-state index contributed by atoms with van der Waals surface area (Å²) in [4.78, 5) is 4.66. The number of benzene rings is 1. The number of aromatic nitrogens is 2. The fourth-order valence-electron chi connectivity index (χ4n) is 2.88. The van der Waals surface area contributed by atoms with Crippen LogP contribution in [-0.4, -0.2) is 42.5 Å². The van der Waals surface area contributed by atoms with E-state index in [0.717, 1.165) is 56.4 Å². The minimum Gasteiger partial charge on any atom is -0.496 e. The van der Waals surface area contributed by atoms with E-state index in [1.807, 2.05) is 29.8 Å². The van der Waals surface area contributed by atoms with Crippen LogP contribution in [0.25, 0.3) is 0 Å². The number of methoxy groups -OCH3 is 1. The van der Waals surface area contributed by atoms with Crippen molar-refractivity contribution in [2.45, 2.75) is 40.2 Å². The fourth-order valence-corrected chi connectivity index (χ4v) is 2.88. The van der Waals surface area contributed by atoms with Crippen LogP contribution in [-0.2, 0) is 13.0 Å². The van der Waals surface area contributed by atoms with Gasteiger partial charge < -0.3 is 15.4 Å². The molecule has 26 heavy (non-hydrogen) atoms. The first-order valence-corrected chi connectivity index (χ1v) is 9.29. The molecule has 0 bridgehead atoms. The first-order valence-electron chi connectivity index (χ1n) is 9.29. The van der Waals surface area contributed by atoms with Crippen LogP contribution in [0.4, 0.5) is 0 Å². The second-order valence-corrected chi connectivity index (χ2v) is 6.25. The zero-order valence-corrected chi connectivity index (χ0v) is 16.4. The number of ether oxygens (including phenoxy) is 1. The van der Waals surface area contributed by atoms with E-state index in [0.29, 0.717) is 0 Å². The summed E-state index contributed by atoms with van der Waals surface area (Å²) < 4.78 is 7.45. The molecule has 2 aromatic rings. The van der Waals surface area contributed by atoms with Gasteiger partial charge in [-0.25, -0.2) is 0 Å². The van der Waals surface area contributed by atoms with E-state index < -0.39 is 0 Å². The molecule has 0 saturated heterocycles. The molecule has 6 heteroatoms. The predicted octanol–water partition coefficient (Wildman–Crippen LogP) is 2.70. The highest BCUT2D eigenvalue weighted by atomic mass is 16.5. The second kappa shape index (κ2) is 10.5. The lowest BCUT2D eigenvalue weighted by atomic mass is 10.1. The number of nitrogens with zero attached hydrogens (tertiary/aromatic N) is 3. The number of aryl methyl sites for hydroxylation is 3. The number of hydrogen-bond acceptors (Lipinski definition) is 3. The van der Waals surface area contributed by atoms with Crippen LogP contribution in [0.5, 0.6) is 5.75 Å². The summed E-state index contributed by atoms with van der Waals surface area (Å²) in [5.41, 5.74) is 3.47. The third kappa shape index (κ3) is 6.10. The Morgan fingerprint density at radius 2 is 2.04 bits per heavy atom. The maximum Gasteiger partial charge on any atom is 0.191 e. The number of rotatable bonds is 9. The SMILES string of the molecule is CCNC(=NCCCn1nc(C)cc1C)NCCc1ccccc1OC. The summed E-state index contributed by atoms with van der Waals surface area (Å²) in [6, 6.07) is 10.2. The molecule has 0 unspecified atom stereocenters. The summed E-state index contributed by atoms with van der Waals surface area (Å²) in [5.74, 6) is 1.79. The average Bonchev–Trinajstić information content (AvgIpc) is 2.96. The van der Waals surface area contributed by atoms with Crippen molar-refractivity contribution in [1.29, 1.82) is 0 Å². The van der Waals surface area contributed by atoms with E-state index in [1.54, 1.807) is 7.11 Å². The molecule has 2 N–H and O–H groups in total. The maximum atomic E-state index is 5.40. The molecule has 0 radical (unpaired) electrons. The molecule has 1 heterocycles. The van der Waals surface area contributed by atoms with Gasteiger partial charge >= 0.3 is 0 Å². The lowest BCUT2D eigenvalue weighted by Crippen LogP contribution is -2.38. The van der Waals surface area contributed by atoms with E-state index in [-0.39, 0.29) is 0 Å². The van der Waals surface area contributed by atoms with Gasteiger partial charge in [-0.3, -0.25) is 9.67 Å². The van der Waals surface area contributed by atoms with Gasteiger partial charge in [-0.2, -0.15) is 5.10 Å². The van der Waals surface area contributed by atoms with Crippen LogP contribution < -0.4 is 15.4 Å². The van der Waals surface area contributed by atoms with Crippen molar-refractivity contribution in [1.82, 2.24) is 20.4 Å². The Hall–Kier alpha value is -2.50. The van der Waals surface area contributed by atoms with Gasteiger partial charge in [-0.15, -0.1) is 0 Å². The maximum absolute atomic E-state index is 5.40. The number of aliphatic imine (C=N–C) groups is 1. The molecule has 0 atom stereocenters. The molecule has 0 aliphatic carbocycles. The molecule has 0 aliphatic rings. The number of nitrogens with one attached hydrogen (secondary N) is 2. The molecule has 2 rings (SSSR count). The van der Waals surface area contributed by atoms with Crippen molar-refractivity contribution in [3.8, 4) is 5.75 Å². The molecular weight excluding hydrogens is 326 g/mol. The van der Waals surface area contributed by atoms with Crippen molar-refractivity contribution < 1.29 is 4.74 Å². The quantitative estimate of drug-likeness (QED) is 0.411. The number of guanidine groups is 1. The van der Waals surface area contributed by atoms with E-state index >= 15 is 0 Å². The Bertz CT molecular complexity index is 708. The zero-order chi connectivity index (χ0) is 18.8. The zero-order valence-electron chi connectivity index (χ0n) is 16.4. The lowest BCUT2D eigenvalue weighted by molar-refractivity contribution is 0.409. The summed E-state index contributed by atoms with van der Waals surface area (Å²) in [6.07, 6.45) is 1.85. The van der Waals surface area contributed by atoms with Crippen molar-refractivity contribution in [2.24, 2.45) is 4.99 Å². The normalized spacial score (nSPS) is 11.5. The van der Waals surface area contributed by atoms with Gasteiger partial charge in [0.1, 0.15) is 5.75 Å². The fraction of sp³-hybridized carbons (Fsp3) is 0.500. The molecule has 0 fully saturated rings. The summed E-state index contributed by atoms with van der Waals surface area (Å²) in [6.45, 7) is 9.50. The van der Waals surface area contributed by atoms with Gasteiger partial charge in [-0.1, -0.05) is 18.2 Å². The minimum absolute atomic E-state index is 0.766. The van der Waals surface area contributed by atoms with Crippen molar-refractivity contribution >= 4 is 5.96 Å². The van der Waals surface area contributed by atoms with Gasteiger partial charge in [-0.05, 0) is 51.3 Å². The summed E-state index contributed by atoms with van der Waals surface area (Å²) in [5, 5.41) is 11.2. The Morgan fingerprint density at radius 3 is 2.73 bits per heavy atom. The van der Waals surface area contributed by atoms with Gasteiger partial charge in [0, 0.05) is 31.9 Å². The van der Waals surface area contributed by atoms with Crippen LogP contribution in [0, 0.1) is 13.8 Å². The largest absolute Gasteiger partial charge is 0.496 e. The topological polar surface area (TPSA) is 63.5 Å². The minimum atomic E-state index is 0.766. The van der Waals surface area contributed by atoms with Crippen molar-refractivity contribution in [2.75, 3.05) is 26.7 Å². The third-order valence-electron chi connectivity index (χ3n) is 4.12. The van der Waals surface area contributed by atoms with Gasteiger partial charge in [0.25, 0.3) is 0 Å². The lowest BCUT2D eigenvalue weighted by Gasteiger charge is -2.13. The monoisotopic (exact) mass is 357 g/mol. The van der Waals surface area contributed by atoms with E-state index in [9.17, 15) is 0 Å². The third-order valence-corrected chi connectivity index (χ3v) is 4.12. The van der Waals surface area contributed by atoms with Crippen LogP contribution >= 0.6 is 0 Å². The number of para-hydroxylation sites is 1. The van der Waals surface area contributed by atoms with Crippen LogP contribution in [0.15, 0.2) is 35.3 Å². The standard InChI is InChI=1S/C20H31N5O/c1-5-21-20(22-12-8-14-25-17(3)15-16(2)24-25)23-13-11-18-9-6-7-10-19(18)26-4/h6-7,9-10,15H,5,8,11-14H2,1-4H3,(H2,21,22,23). The van der Waals surface area contributed by atoms with Gasteiger partial charge in [0.2, 0.25) is 0 Å². The number of hydrogen-bond donors (Lipinski definition) is 2. The average molecular weight is 358 g/mol. The Balaban J connectivity index is 1.79. The molecule has 0 amide bonds. The second-order valence-electron chi connectivity index (χ2n) is 6.25. The highest BCUT2D eigenvalue weighted by Crippen LogP contribution is 2.17. The van der Waals surface area contributed by atoms with Crippen molar-refractivity contribution in [3.05, 3.63) is 47.3 Å². The first-order chi connectivity index (χ1) is 12.6. The molecule has 142 valence electrons. The van der Waals surface area contributed by atoms with Crippen LogP contribution in [0.3, 0.4) is 0 Å². The molecule has 6 nitrogen and oxygen atoms in total. The summed E-state index contributed by atoms with van der Waals surface area (Å²) >= 11 is 0. The molecular formula is C20H31N5O. The molecule has 0 spiro atoms. The van der Waals surface area contributed by atoms with Crippen LogP contribution in [0.2, 0.25) is 0 Å². The molecule has 1 aromatic heterocycles. The Kier molecular flexibility index (Phi) is 7.99. The highest BCUT2D eigenvalue weighted by Gasteiger charge is 2.03. The molecule has 1 aromatic carbocycles. The summed E-state index contributed by atoms with van der Waals surface area (Å²) in [7, 11) is 1.71. The van der Waals surface area contributed by atoms with Crippen LogP contribution in [0.1, 0.15) is 30.3 Å². The predicted molar refractivity (Wildman–Crippen MR) is 107 cm³/mol. The van der Waals surface area contributed by atoms with Gasteiger partial charge in [0.05, 0.1) is 12.8 Å².